The van der Waals surface area contributed by atoms with E-state index in [4.69, 9.17) is 5.73 Å². The number of nitrogens with two attached hydrogens (primary N) is 1. The van der Waals surface area contributed by atoms with E-state index in [-0.39, 0.29) is 30.6 Å². The summed E-state index contributed by atoms with van der Waals surface area (Å²) in [6.45, 7) is 1.63. The van der Waals surface area contributed by atoms with Gasteiger partial charge in [0.25, 0.3) is 0 Å². The Labute approximate surface area is 106 Å². The predicted molar refractivity (Wildman–Crippen MR) is 70.9 cm³/mol. The van der Waals surface area contributed by atoms with E-state index >= 15 is 0 Å². The molecule has 1 aromatic carbocycles. The van der Waals surface area contributed by atoms with Crippen molar-refractivity contribution in [1.82, 2.24) is 5.32 Å². The number of nitrogen functional groups attached to an aromatic ring is 1. The van der Waals surface area contributed by atoms with E-state index < -0.39 is 0 Å². The van der Waals surface area contributed by atoms with Crippen molar-refractivity contribution in [2.45, 2.75) is 0 Å². The van der Waals surface area contributed by atoms with Gasteiger partial charge in [0.1, 0.15) is 5.75 Å². The molecule has 0 aliphatic carbocycles. The van der Waals surface area contributed by atoms with Crippen LogP contribution in [0.3, 0.4) is 0 Å². The number of aromatic hydroxyl groups is 1. The Balaban J connectivity index is 0.00000112. The van der Waals surface area contributed by atoms with Crippen molar-refractivity contribution in [2.75, 3.05) is 24.1 Å². The van der Waals surface area contributed by atoms with Crippen LogP contribution in [0, 0.1) is 0 Å². The van der Waals surface area contributed by atoms with Gasteiger partial charge in [-0.2, -0.15) is 0 Å². The van der Waals surface area contributed by atoms with Gasteiger partial charge in [-0.25, -0.2) is 0 Å². The number of hydrogen-bond acceptors (Lipinski definition) is 5. The molecule has 0 aromatic heterocycles. The van der Waals surface area contributed by atoms with Crippen LogP contribution < -0.4 is 16.4 Å². The zero-order valence-electron chi connectivity index (χ0n) is 8.43. The number of nitrogens with one attached hydrogen (secondary N) is 2. The summed E-state index contributed by atoms with van der Waals surface area (Å²) in [5.74, 6) is 0.808. The third-order valence-corrected chi connectivity index (χ3v) is 1.97. The van der Waals surface area contributed by atoms with Gasteiger partial charge in [0.15, 0.2) is 5.96 Å². The fourth-order valence-corrected chi connectivity index (χ4v) is 1.24. The van der Waals surface area contributed by atoms with Crippen LogP contribution in [0.25, 0.3) is 0 Å². The third kappa shape index (κ3) is 3.36. The summed E-state index contributed by atoms with van der Waals surface area (Å²) in [5.41, 5.74) is 6.61. The van der Waals surface area contributed by atoms with E-state index in [1.54, 1.807) is 18.2 Å². The molecule has 0 bridgehead atoms. The standard InChI is InChI=1S/C9H12N4O.2ClH/c10-7-2-1-6(5-8(7)14)13-9-11-3-4-12-9;;/h1-2,5,14H,3-4,10H2,(H2,11,12,13);2*1H. The van der Waals surface area contributed by atoms with E-state index in [0.29, 0.717) is 5.69 Å². The largest absolute Gasteiger partial charge is 0.506 e. The Morgan fingerprint density at radius 2 is 2.12 bits per heavy atom. The number of guanidine groups is 1. The van der Waals surface area contributed by atoms with Crippen LogP contribution in [0.5, 0.6) is 5.75 Å². The molecule has 1 aromatic rings. The second-order valence-corrected chi connectivity index (χ2v) is 3.06. The van der Waals surface area contributed by atoms with Crippen molar-refractivity contribution in [1.29, 1.82) is 0 Å². The van der Waals surface area contributed by atoms with Gasteiger partial charge in [-0.05, 0) is 12.1 Å². The summed E-state index contributed by atoms with van der Waals surface area (Å²) < 4.78 is 0. The lowest BCUT2D eigenvalue weighted by Crippen LogP contribution is -2.26. The SMILES string of the molecule is Cl.Cl.Nc1ccc(NC2=NCCN2)cc1O. The summed E-state index contributed by atoms with van der Waals surface area (Å²) in [4.78, 5) is 4.16. The molecule has 1 heterocycles. The zero-order valence-corrected chi connectivity index (χ0v) is 10.1. The highest BCUT2D eigenvalue weighted by Gasteiger charge is 2.05. The molecule has 0 unspecified atom stereocenters. The minimum Gasteiger partial charge on any atom is -0.506 e. The molecule has 0 spiro atoms. The summed E-state index contributed by atoms with van der Waals surface area (Å²) in [6.07, 6.45) is 0. The first-order valence-corrected chi connectivity index (χ1v) is 4.39. The highest BCUT2D eigenvalue weighted by molar-refractivity contribution is 5.95. The lowest BCUT2D eigenvalue weighted by Gasteiger charge is -2.07. The fraction of sp³-hybridized carbons (Fsp3) is 0.222. The number of anilines is 2. The molecule has 0 saturated carbocycles. The van der Waals surface area contributed by atoms with Crippen LogP contribution >= 0.6 is 24.8 Å². The minimum absolute atomic E-state index is 0. The molecular weight excluding hydrogens is 251 g/mol. The van der Waals surface area contributed by atoms with Crippen LogP contribution in [0.15, 0.2) is 23.2 Å². The van der Waals surface area contributed by atoms with Gasteiger partial charge in [0.2, 0.25) is 0 Å². The molecular formula is C9H14Cl2N4O. The van der Waals surface area contributed by atoms with E-state index in [0.717, 1.165) is 24.7 Å². The molecule has 5 N–H and O–H groups in total. The first kappa shape index (κ1) is 14.7. The number of phenolic OH excluding ortho intramolecular Hbond substituents is 1. The number of rotatable bonds is 1. The number of nitrogens with zero attached hydrogens (tertiary/aromatic N) is 1. The van der Waals surface area contributed by atoms with Gasteiger partial charge in [0.05, 0.1) is 12.2 Å². The van der Waals surface area contributed by atoms with E-state index in [9.17, 15) is 5.11 Å². The monoisotopic (exact) mass is 264 g/mol. The van der Waals surface area contributed by atoms with Crippen molar-refractivity contribution in [3.8, 4) is 5.75 Å². The summed E-state index contributed by atoms with van der Waals surface area (Å²) in [7, 11) is 0. The molecule has 16 heavy (non-hydrogen) atoms. The van der Waals surface area contributed by atoms with Crippen molar-refractivity contribution >= 4 is 42.1 Å². The number of benzene rings is 1. The fourth-order valence-electron chi connectivity index (χ4n) is 1.24. The Morgan fingerprint density at radius 1 is 1.38 bits per heavy atom. The normalized spacial score (nSPS) is 12.9. The van der Waals surface area contributed by atoms with Gasteiger partial charge in [-0.1, -0.05) is 0 Å². The van der Waals surface area contributed by atoms with Gasteiger partial charge in [-0.15, -0.1) is 24.8 Å². The van der Waals surface area contributed by atoms with Crippen LogP contribution in [0.4, 0.5) is 11.4 Å². The number of aliphatic imine (C=N–C) groups is 1. The molecule has 5 nitrogen and oxygen atoms in total. The third-order valence-electron chi connectivity index (χ3n) is 1.97. The van der Waals surface area contributed by atoms with Crippen LogP contribution in [0.1, 0.15) is 0 Å². The Hall–Kier alpha value is -1.33. The molecule has 2 rings (SSSR count). The maximum absolute atomic E-state index is 9.35. The Kier molecular flexibility index (Phi) is 5.77. The number of halogens is 2. The van der Waals surface area contributed by atoms with Crippen LogP contribution in [-0.2, 0) is 0 Å². The van der Waals surface area contributed by atoms with E-state index in [1.165, 1.54) is 0 Å². The zero-order chi connectivity index (χ0) is 9.97. The smallest absolute Gasteiger partial charge is 0.195 e. The molecule has 0 radical (unpaired) electrons. The summed E-state index contributed by atoms with van der Waals surface area (Å²) in [6, 6.07) is 5.00. The van der Waals surface area contributed by atoms with Gasteiger partial charge < -0.3 is 21.5 Å². The first-order valence-electron chi connectivity index (χ1n) is 4.39. The minimum atomic E-state index is 0. The Morgan fingerprint density at radius 3 is 2.69 bits per heavy atom. The van der Waals surface area contributed by atoms with Crippen LogP contribution in [-0.4, -0.2) is 24.2 Å². The highest BCUT2D eigenvalue weighted by Crippen LogP contribution is 2.23. The molecule has 0 fully saturated rings. The van der Waals surface area contributed by atoms with E-state index in [1.807, 2.05) is 0 Å². The molecule has 1 aliphatic heterocycles. The maximum Gasteiger partial charge on any atom is 0.195 e. The molecule has 0 saturated heterocycles. The van der Waals surface area contributed by atoms with Gasteiger partial charge in [-0.3, -0.25) is 4.99 Å². The maximum atomic E-state index is 9.35. The molecule has 1 aliphatic rings. The van der Waals surface area contributed by atoms with Crippen molar-refractivity contribution < 1.29 is 5.11 Å². The highest BCUT2D eigenvalue weighted by atomic mass is 35.5. The molecule has 0 atom stereocenters. The second-order valence-electron chi connectivity index (χ2n) is 3.06. The van der Waals surface area contributed by atoms with E-state index in [2.05, 4.69) is 15.6 Å². The topological polar surface area (TPSA) is 82.7 Å². The van der Waals surface area contributed by atoms with Crippen molar-refractivity contribution in [2.24, 2.45) is 4.99 Å². The van der Waals surface area contributed by atoms with Gasteiger partial charge in [0, 0.05) is 18.3 Å². The lowest BCUT2D eigenvalue weighted by molar-refractivity contribution is 0.478. The molecule has 0 amide bonds. The van der Waals surface area contributed by atoms with Gasteiger partial charge >= 0.3 is 0 Å². The first-order chi connectivity index (χ1) is 6.75. The molecule has 90 valence electrons. The second kappa shape index (κ2) is 6.30. The average Bonchev–Trinajstić information content (AvgIpc) is 2.64. The van der Waals surface area contributed by atoms with Crippen molar-refractivity contribution in [3.05, 3.63) is 18.2 Å². The predicted octanol–water partition coefficient (Wildman–Crippen LogP) is 1.19. The average molecular weight is 265 g/mol. The van der Waals surface area contributed by atoms with Crippen LogP contribution in [0.2, 0.25) is 0 Å². The summed E-state index contributed by atoms with van der Waals surface area (Å²) in [5, 5.41) is 15.4. The quantitative estimate of drug-likeness (QED) is 0.454. The number of phenols is 1. The lowest BCUT2D eigenvalue weighted by atomic mass is 10.2. The molecule has 7 heteroatoms. The summed E-state index contributed by atoms with van der Waals surface area (Å²) >= 11 is 0. The Bertz CT molecular complexity index is 384. The van der Waals surface area contributed by atoms with Crippen molar-refractivity contribution in [3.63, 3.8) is 0 Å². The number of hydrogen-bond donors (Lipinski definition) is 4.